The number of anilines is 1. The molecule has 0 aliphatic carbocycles. The van der Waals surface area contributed by atoms with Gasteiger partial charge in [-0.05, 0) is 18.6 Å². The normalized spacial score (nSPS) is 9.94. The van der Waals surface area contributed by atoms with Gasteiger partial charge in [0.25, 0.3) is 0 Å². The third-order valence-corrected chi connectivity index (χ3v) is 2.37. The number of nitrogens with one attached hydrogen (secondary N) is 1. The third kappa shape index (κ3) is 4.49. The molecule has 1 amide bonds. The van der Waals surface area contributed by atoms with E-state index in [1.165, 1.54) is 6.92 Å². The molecule has 1 rings (SSSR count). The largest absolute Gasteiger partial charge is 0.360 e. The molecule has 0 saturated heterocycles. The number of amides is 1. The van der Waals surface area contributed by atoms with E-state index >= 15 is 0 Å². The zero-order valence-electron chi connectivity index (χ0n) is 9.53. The van der Waals surface area contributed by atoms with Gasteiger partial charge in [0, 0.05) is 33.3 Å². The van der Waals surface area contributed by atoms with E-state index < -0.39 is 0 Å². The van der Waals surface area contributed by atoms with E-state index in [4.69, 9.17) is 11.6 Å². The topological polar surface area (TPSA) is 45.2 Å². The molecular weight excluding hydrogens is 226 g/mol. The van der Waals surface area contributed by atoms with E-state index in [-0.39, 0.29) is 5.91 Å². The molecular formula is C11H16ClN3O. The predicted molar refractivity (Wildman–Crippen MR) is 65.8 cm³/mol. The SMILES string of the molecule is CC(=O)NCCCN(C)c1ccc(Cl)cn1. The molecule has 88 valence electrons. The van der Waals surface area contributed by atoms with Gasteiger partial charge in [-0.2, -0.15) is 0 Å². The Morgan fingerprint density at radius 3 is 2.88 bits per heavy atom. The summed E-state index contributed by atoms with van der Waals surface area (Å²) in [4.78, 5) is 16.9. The lowest BCUT2D eigenvalue weighted by molar-refractivity contribution is -0.118. The fraction of sp³-hybridized carbons (Fsp3) is 0.455. The van der Waals surface area contributed by atoms with E-state index in [2.05, 4.69) is 10.3 Å². The second-order valence-corrected chi connectivity index (χ2v) is 4.03. The first-order valence-electron chi connectivity index (χ1n) is 5.16. The molecule has 0 aliphatic rings. The fourth-order valence-electron chi connectivity index (χ4n) is 1.29. The number of nitrogens with zero attached hydrogens (tertiary/aromatic N) is 2. The van der Waals surface area contributed by atoms with Gasteiger partial charge in [0.15, 0.2) is 0 Å². The molecule has 0 saturated carbocycles. The Hall–Kier alpha value is -1.29. The summed E-state index contributed by atoms with van der Waals surface area (Å²) in [6.07, 6.45) is 2.52. The molecule has 5 heteroatoms. The average Bonchev–Trinajstić information content (AvgIpc) is 2.25. The second kappa shape index (κ2) is 6.33. The Morgan fingerprint density at radius 2 is 2.31 bits per heavy atom. The summed E-state index contributed by atoms with van der Waals surface area (Å²) >= 11 is 5.75. The lowest BCUT2D eigenvalue weighted by Crippen LogP contribution is -2.26. The van der Waals surface area contributed by atoms with Gasteiger partial charge in [-0.25, -0.2) is 4.98 Å². The summed E-state index contributed by atoms with van der Waals surface area (Å²) in [7, 11) is 1.96. The maximum atomic E-state index is 10.6. The highest BCUT2D eigenvalue weighted by Gasteiger charge is 2.01. The molecule has 1 aromatic heterocycles. The maximum Gasteiger partial charge on any atom is 0.216 e. The first kappa shape index (κ1) is 12.8. The van der Waals surface area contributed by atoms with Crippen molar-refractivity contribution >= 4 is 23.3 Å². The smallest absolute Gasteiger partial charge is 0.216 e. The van der Waals surface area contributed by atoms with Crippen molar-refractivity contribution in [2.24, 2.45) is 0 Å². The maximum absolute atomic E-state index is 10.6. The van der Waals surface area contributed by atoms with Gasteiger partial charge in [0.05, 0.1) is 5.02 Å². The monoisotopic (exact) mass is 241 g/mol. The molecule has 0 atom stereocenters. The van der Waals surface area contributed by atoms with Crippen LogP contribution in [0.3, 0.4) is 0 Å². The van der Waals surface area contributed by atoms with Crippen molar-refractivity contribution in [3.05, 3.63) is 23.4 Å². The standard InChI is InChI=1S/C11H16ClN3O/c1-9(16)13-6-3-7-15(2)11-5-4-10(12)8-14-11/h4-5,8H,3,6-7H2,1-2H3,(H,13,16). The number of pyridine rings is 1. The first-order valence-corrected chi connectivity index (χ1v) is 5.54. The van der Waals surface area contributed by atoms with Crippen LogP contribution < -0.4 is 10.2 Å². The predicted octanol–water partition coefficient (Wildman–Crippen LogP) is 1.70. The Labute approximate surface area is 101 Å². The number of halogens is 1. The van der Waals surface area contributed by atoms with Crippen LogP contribution in [0.5, 0.6) is 0 Å². The first-order chi connectivity index (χ1) is 7.59. The minimum atomic E-state index is 0.00673. The average molecular weight is 242 g/mol. The molecule has 1 N–H and O–H groups in total. The molecule has 0 bridgehead atoms. The van der Waals surface area contributed by atoms with Crippen LogP contribution in [0.4, 0.5) is 5.82 Å². The molecule has 1 aromatic rings. The summed E-state index contributed by atoms with van der Waals surface area (Å²) in [6, 6.07) is 3.69. The number of hydrogen-bond donors (Lipinski definition) is 1. The van der Waals surface area contributed by atoms with Gasteiger partial charge in [-0.15, -0.1) is 0 Å². The van der Waals surface area contributed by atoms with Gasteiger partial charge in [-0.3, -0.25) is 4.79 Å². The van der Waals surface area contributed by atoms with Crippen LogP contribution in [0, 0.1) is 0 Å². The molecule has 0 spiro atoms. The van der Waals surface area contributed by atoms with Crippen LogP contribution in [-0.4, -0.2) is 31.0 Å². The number of rotatable bonds is 5. The van der Waals surface area contributed by atoms with Crippen LogP contribution in [0.15, 0.2) is 18.3 Å². The lowest BCUT2D eigenvalue weighted by Gasteiger charge is -2.17. The summed E-state index contributed by atoms with van der Waals surface area (Å²) < 4.78 is 0. The van der Waals surface area contributed by atoms with Gasteiger partial charge in [-0.1, -0.05) is 11.6 Å². The summed E-state index contributed by atoms with van der Waals surface area (Å²) in [5, 5.41) is 3.39. The van der Waals surface area contributed by atoms with Crippen LogP contribution in [0.2, 0.25) is 5.02 Å². The Balaban J connectivity index is 2.32. The number of carbonyl (C=O) groups excluding carboxylic acids is 1. The van der Waals surface area contributed by atoms with E-state index in [1.807, 2.05) is 24.1 Å². The highest BCUT2D eigenvalue weighted by atomic mass is 35.5. The quantitative estimate of drug-likeness (QED) is 0.799. The number of carbonyl (C=O) groups is 1. The van der Waals surface area contributed by atoms with Crippen LogP contribution >= 0.6 is 11.6 Å². The lowest BCUT2D eigenvalue weighted by atomic mass is 10.3. The van der Waals surface area contributed by atoms with Crippen molar-refractivity contribution < 1.29 is 4.79 Å². The van der Waals surface area contributed by atoms with Crippen LogP contribution in [0.25, 0.3) is 0 Å². The van der Waals surface area contributed by atoms with Crippen LogP contribution in [0.1, 0.15) is 13.3 Å². The molecule has 0 aliphatic heterocycles. The van der Waals surface area contributed by atoms with Crippen molar-refractivity contribution in [2.45, 2.75) is 13.3 Å². The fourth-order valence-corrected chi connectivity index (χ4v) is 1.40. The summed E-state index contributed by atoms with van der Waals surface area (Å²) in [6.45, 7) is 3.05. The van der Waals surface area contributed by atoms with Gasteiger partial charge in [0.1, 0.15) is 5.82 Å². The molecule has 4 nitrogen and oxygen atoms in total. The van der Waals surface area contributed by atoms with E-state index in [9.17, 15) is 4.79 Å². The third-order valence-electron chi connectivity index (χ3n) is 2.15. The molecule has 0 unspecified atom stereocenters. The summed E-state index contributed by atoms with van der Waals surface area (Å²) in [5.41, 5.74) is 0. The Morgan fingerprint density at radius 1 is 1.56 bits per heavy atom. The number of aromatic nitrogens is 1. The van der Waals surface area contributed by atoms with Gasteiger partial charge < -0.3 is 10.2 Å². The van der Waals surface area contributed by atoms with Crippen molar-refractivity contribution in [1.29, 1.82) is 0 Å². The van der Waals surface area contributed by atoms with Gasteiger partial charge in [0.2, 0.25) is 5.91 Å². The molecule has 1 heterocycles. The molecule has 16 heavy (non-hydrogen) atoms. The summed E-state index contributed by atoms with van der Waals surface area (Å²) in [5.74, 6) is 0.888. The zero-order chi connectivity index (χ0) is 12.0. The highest BCUT2D eigenvalue weighted by Crippen LogP contribution is 2.12. The molecule has 0 radical (unpaired) electrons. The highest BCUT2D eigenvalue weighted by molar-refractivity contribution is 6.30. The molecule has 0 fully saturated rings. The molecule has 0 aromatic carbocycles. The van der Waals surface area contributed by atoms with E-state index in [0.29, 0.717) is 11.6 Å². The minimum absolute atomic E-state index is 0.00673. The van der Waals surface area contributed by atoms with E-state index in [0.717, 1.165) is 18.8 Å². The van der Waals surface area contributed by atoms with Crippen LogP contribution in [-0.2, 0) is 4.79 Å². The zero-order valence-corrected chi connectivity index (χ0v) is 10.3. The second-order valence-electron chi connectivity index (χ2n) is 3.59. The van der Waals surface area contributed by atoms with Gasteiger partial charge >= 0.3 is 0 Å². The Bertz CT molecular complexity index is 340. The van der Waals surface area contributed by atoms with E-state index in [1.54, 1.807) is 6.20 Å². The van der Waals surface area contributed by atoms with Crippen molar-refractivity contribution in [3.63, 3.8) is 0 Å². The Kier molecular flexibility index (Phi) is 5.05. The van der Waals surface area contributed by atoms with Crippen molar-refractivity contribution in [3.8, 4) is 0 Å². The van der Waals surface area contributed by atoms with Crippen molar-refractivity contribution in [1.82, 2.24) is 10.3 Å². The van der Waals surface area contributed by atoms with Crippen molar-refractivity contribution in [2.75, 3.05) is 25.0 Å². The number of hydrogen-bond acceptors (Lipinski definition) is 3. The minimum Gasteiger partial charge on any atom is -0.360 e.